The van der Waals surface area contributed by atoms with E-state index in [1.165, 1.54) is 12.1 Å². The molecule has 2 nitrogen and oxygen atoms in total. The normalized spacial score (nSPS) is 11.1. The first-order valence-electron chi connectivity index (χ1n) is 3.55. The molecule has 2 N–H and O–H groups in total. The Hall–Kier alpha value is -1.30. The standard InChI is InChI=1S/C8H6F3NOS/c9-8(10,11)5-3-1-2-4-6(5)13-7(12)14/h1-4H,(H2,12,14). The summed E-state index contributed by atoms with van der Waals surface area (Å²) in [7, 11) is 0. The van der Waals surface area contributed by atoms with E-state index < -0.39 is 16.9 Å². The Balaban J connectivity index is 3.10. The Morgan fingerprint density at radius 2 is 1.86 bits per heavy atom. The molecule has 0 spiro atoms. The average Bonchev–Trinajstić information content (AvgIpc) is 2.01. The van der Waals surface area contributed by atoms with Gasteiger partial charge in [-0.05, 0) is 24.4 Å². The van der Waals surface area contributed by atoms with Crippen LogP contribution in [0.5, 0.6) is 5.75 Å². The summed E-state index contributed by atoms with van der Waals surface area (Å²) in [6.07, 6.45) is -4.47. The van der Waals surface area contributed by atoms with Crippen LogP contribution in [0.15, 0.2) is 24.3 Å². The van der Waals surface area contributed by atoms with Crippen molar-refractivity contribution in [2.24, 2.45) is 5.73 Å². The lowest BCUT2D eigenvalue weighted by Crippen LogP contribution is -2.18. The SMILES string of the molecule is NC(=S)Oc1ccccc1C(F)(F)F. The van der Waals surface area contributed by atoms with Crippen molar-refractivity contribution in [2.45, 2.75) is 6.18 Å². The van der Waals surface area contributed by atoms with Gasteiger partial charge in [0.1, 0.15) is 5.75 Å². The first-order valence-corrected chi connectivity index (χ1v) is 3.95. The van der Waals surface area contributed by atoms with Crippen LogP contribution in [0.2, 0.25) is 0 Å². The molecule has 1 aromatic carbocycles. The van der Waals surface area contributed by atoms with Crippen LogP contribution in [0.4, 0.5) is 13.2 Å². The second kappa shape index (κ2) is 3.83. The molecule has 0 aromatic heterocycles. The van der Waals surface area contributed by atoms with E-state index in [9.17, 15) is 13.2 Å². The van der Waals surface area contributed by atoms with Crippen molar-refractivity contribution < 1.29 is 17.9 Å². The summed E-state index contributed by atoms with van der Waals surface area (Å²) in [6.45, 7) is 0. The molecule has 0 saturated carbocycles. The maximum atomic E-state index is 12.3. The van der Waals surface area contributed by atoms with Crippen LogP contribution in [0.3, 0.4) is 0 Å². The van der Waals surface area contributed by atoms with E-state index in [2.05, 4.69) is 17.0 Å². The third-order valence-electron chi connectivity index (χ3n) is 1.40. The number of para-hydroxylation sites is 1. The smallest absolute Gasteiger partial charge is 0.419 e. The maximum absolute atomic E-state index is 12.3. The second-order valence-electron chi connectivity index (χ2n) is 2.42. The van der Waals surface area contributed by atoms with Gasteiger partial charge in [0, 0.05) is 0 Å². The first-order chi connectivity index (χ1) is 6.41. The molecule has 0 atom stereocenters. The monoisotopic (exact) mass is 221 g/mol. The fraction of sp³-hybridized carbons (Fsp3) is 0.125. The lowest BCUT2D eigenvalue weighted by molar-refractivity contribution is -0.138. The minimum atomic E-state index is -4.47. The van der Waals surface area contributed by atoms with Crippen LogP contribution in [0, 0.1) is 0 Å². The average molecular weight is 221 g/mol. The Labute approximate surface area is 83.5 Å². The van der Waals surface area contributed by atoms with Crippen molar-refractivity contribution in [2.75, 3.05) is 0 Å². The number of nitrogens with two attached hydrogens (primary N) is 1. The van der Waals surface area contributed by atoms with Gasteiger partial charge in [0.2, 0.25) is 0 Å². The lowest BCUT2D eigenvalue weighted by Gasteiger charge is -2.11. The van der Waals surface area contributed by atoms with Gasteiger partial charge in [-0.3, -0.25) is 0 Å². The highest BCUT2D eigenvalue weighted by Gasteiger charge is 2.34. The minimum absolute atomic E-state index is 0.382. The fourth-order valence-electron chi connectivity index (χ4n) is 0.898. The third kappa shape index (κ3) is 2.59. The molecular weight excluding hydrogens is 215 g/mol. The molecule has 0 heterocycles. The van der Waals surface area contributed by atoms with Crippen LogP contribution in [0.1, 0.15) is 5.56 Å². The highest BCUT2D eigenvalue weighted by molar-refractivity contribution is 7.80. The van der Waals surface area contributed by atoms with Gasteiger partial charge in [0.05, 0.1) is 5.56 Å². The number of hydrogen-bond acceptors (Lipinski definition) is 2. The number of benzene rings is 1. The minimum Gasteiger partial charge on any atom is -0.431 e. The van der Waals surface area contributed by atoms with E-state index in [-0.39, 0.29) is 5.75 Å². The molecule has 0 amide bonds. The molecule has 0 radical (unpaired) electrons. The molecular formula is C8H6F3NOS. The van der Waals surface area contributed by atoms with Gasteiger partial charge in [-0.1, -0.05) is 12.1 Å². The van der Waals surface area contributed by atoms with E-state index in [1.54, 1.807) is 0 Å². The number of rotatable bonds is 1. The largest absolute Gasteiger partial charge is 0.431 e. The molecule has 14 heavy (non-hydrogen) atoms. The fourth-order valence-corrected chi connectivity index (χ4v) is 0.988. The summed E-state index contributed by atoms with van der Waals surface area (Å²) in [4.78, 5) is 0. The third-order valence-corrected chi connectivity index (χ3v) is 1.49. The van der Waals surface area contributed by atoms with E-state index in [4.69, 9.17) is 5.73 Å². The molecule has 6 heteroatoms. The highest BCUT2D eigenvalue weighted by atomic mass is 32.1. The molecule has 0 saturated heterocycles. The van der Waals surface area contributed by atoms with Crippen molar-refractivity contribution in [1.29, 1.82) is 0 Å². The van der Waals surface area contributed by atoms with E-state index in [0.717, 1.165) is 12.1 Å². The van der Waals surface area contributed by atoms with E-state index >= 15 is 0 Å². The van der Waals surface area contributed by atoms with Crippen LogP contribution >= 0.6 is 12.2 Å². The second-order valence-corrected chi connectivity index (χ2v) is 2.82. The van der Waals surface area contributed by atoms with Gasteiger partial charge in [0.25, 0.3) is 5.17 Å². The number of thiocarbonyl (C=S) groups is 1. The summed E-state index contributed by atoms with van der Waals surface area (Å²) in [5, 5.41) is -0.443. The molecule has 0 aliphatic carbocycles. The van der Waals surface area contributed by atoms with Gasteiger partial charge >= 0.3 is 6.18 Å². The van der Waals surface area contributed by atoms with Crippen molar-refractivity contribution >= 4 is 17.4 Å². The van der Waals surface area contributed by atoms with Crippen molar-refractivity contribution in [3.05, 3.63) is 29.8 Å². The zero-order chi connectivity index (χ0) is 10.8. The topological polar surface area (TPSA) is 35.2 Å². The summed E-state index contributed by atoms with van der Waals surface area (Å²) in [5.74, 6) is -0.382. The molecule has 0 aliphatic rings. The Bertz CT molecular complexity index is 351. The number of halogens is 3. The quantitative estimate of drug-likeness (QED) is 0.739. The van der Waals surface area contributed by atoms with Gasteiger partial charge in [-0.15, -0.1) is 0 Å². The van der Waals surface area contributed by atoms with Crippen molar-refractivity contribution in [3.63, 3.8) is 0 Å². The van der Waals surface area contributed by atoms with Crippen molar-refractivity contribution in [1.82, 2.24) is 0 Å². The van der Waals surface area contributed by atoms with Crippen LogP contribution < -0.4 is 10.5 Å². The lowest BCUT2D eigenvalue weighted by atomic mass is 10.2. The predicted octanol–water partition coefficient (Wildman–Crippen LogP) is 2.33. The van der Waals surface area contributed by atoms with E-state index in [0.29, 0.717) is 0 Å². The van der Waals surface area contributed by atoms with Crippen LogP contribution in [-0.2, 0) is 6.18 Å². The number of ether oxygens (including phenoxy) is 1. The number of alkyl halides is 3. The molecule has 1 aromatic rings. The maximum Gasteiger partial charge on any atom is 0.419 e. The summed E-state index contributed by atoms with van der Waals surface area (Å²) in [5.41, 5.74) is 4.08. The Morgan fingerprint density at radius 3 is 2.36 bits per heavy atom. The van der Waals surface area contributed by atoms with Gasteiger partial charge in [-0.25, -0.2) is 0 Å². The zero-order valence-electron chi connectivity index (χ0n) is 6.84. The van der Waals surface area contributed by atoms with Crippen molar-refractivity contribution in [3.8, 4) is 5.75 Å². The summed E-state index contributed by atoms with van der Waals surface area (Å²) in [6, 6.07) is 4.72. The molecule has 0 fully saturated rings. The van der Waals surface area contributed by atoms with Crippen LogP contribution in [0.25, 0.3) is 0 Å². The Kier molecular flexibility index (Phi) is 2.95. The molecule has 0 aliphatic heterocycles. The van der Waals surface area contributed by atoms with Gasteiger partial charge in [-0.2, -0.15) is 13.2 Å². The van der Waals surface area contributed by atoms with Gasteiger partial charge in [0.15, 0.2) is 0 Å². The molecule has 0 bridgehead atoms. The first kappa shape index (κ1) is 10.8. The summed E-state index contributed by atoms with van der Waals surface area (Å²) < 4.78 is 41.6. The Morgan fingerprint density at radius 1 is 1.29 bits per heavy atom. The van der Waals surface area contributed by atoms with Gasteiger partial charge < -0.3 is 10.5 Å². The predicted molar refractivity (Wildman–Crippen MR) is 48.9 cm³/mol. The van der Waals surface area contributed by atoms with E-state index in [1.807, 2.05) is 0 Å². The molecule has 1 rings (SSSR count). The molecule has 76 valence electrons. The summed E-state index contributed by atoms with van der Waals surface area (Å²) >= 11 is 4.35. The number of hydrogen-bond donors (Lipinski definition) is 1. The zero-order valence-corrected chi connectivity index (χ0v) is 7.65. The highest BCUT2D eigenvalue weighted by Crippen LogP contribution is 2.35. The molecule has 0 unspecified atom stereocenters. The van der Waals surface area contributed by atoms with Crippen LogP contribution in [-0.4, -0.2) is 5.17 Å².